The van der Waals surface area contributed by atoms with Crippen molar-refractivity contribution in [3.8, 4) is 0 Å². The van der Waals surface area contributed by atoms with E-state index < -0.39 is 42.3 Å². The third kappa shape index (κ3) is 10.7. The zero-order valence-electron chi connectivity index (χ0n) is 25.3. The Hall–Kier alpha value is -3.96. The molecule has 8 N–H and O–H groups in total. The van der Waals surface area contributed by atoms with Gasteiger partial charge in [0, 0.05) is 24.2 Å². The molecule has 0 unspecified atom stereocenters. The number of anilines is 1. The molecule has 0 radical (unpaired) electrons. The van der Waals surface area contributed by atoms with Crippen molar-refractivity contribution in [1.82, 2.24) is 20.9 Å². The molecule has 11 heteroatoms. The fourth-order valence-corrected chi connectivity index (χ4v) is 5.36. The number of aryl methyl sites for hydroxylation is 1. The number of nitrogens with two attached hydrogens (primary N) is 2. The number of aliphatic hydroxyl groups is 1. The highest BCUT2D eigenvalue weighted by molar-refractivity contribution is 5.92. The number of nitrogens with one attached hydrogen (secondary N) is 3. The lowest BCUT2D eigenvalue weighted by Gasteiger charge is -2.36. The fourth-order valence-electron chi connectivity index (χ4n) is 5.36. The number of benzene rings is 2. The Morgan fingerprint density at radius 1 is 1.00 bits per heavy atom. The smallest absolute Gasteiger partial charge is 0.243 e. The molecule has 234 valence electrons. The molecule has 1 aliphatic heterocycles. The highest BCUT2D eigenvalue weighted by atomic mass is 16.3. The van der Waals surface area contributed by atoms with Crippen LogP contribution in [0.2, 0.25) is 0 Å². The lowest BCUT2D eigenvalue weighted by atomic mass is 9.99. The summed E-state index contributed by atoms with van der Waals surface area (Å²) in [5, 5.41) is 19.4. The van der Waals surface area contributed by atoms with Crippen LogP contribution in [0.5, 0.6) is 0 Å². The van der Waals surface area contributed by atoms with Gasteiger partial charge in [0.05, 0.1) is 24.6 Å². The molecule has 0 saturated carbocycles. The maximum atomic E-state index is 13.4. The quantitative estimate of drug-likeness (QED) is 0.177. The van der Waals surface area contributed by atoms with Crippen molar-refractivity contribution < 1.29 is 24.3 Å². The third-order valence-corrected chi connectivity index (χ3v) is 7.67. The molecule has 1 heterocycles. The first-order valence-corrected chi connectivity index (χ1v) is 14.8. The van der Waals surface area contributed by atoms with Crippen LogP contribution < -0.4 is 27.4 Å². The first-order valence-electron chi connectivity index (χ1n) is 14.8. The van der Waals surface area contributed by atoms with Crippen LogP contribution in [0, 0.1) is 0 Å². The first kappa shape index (κ1) is 33.5. The Morgan fingerprint density at radius 2 is 1.67 bits per heavy atom. The van der Waals surface area contributed by atoms with E-state index in [0.29, 0.717) is 12.1 Å². The SMILES string of the molecule is CC(C)(C)N1CCC[C@H]1C(=O)NC[C@@H](O)[C@H](Cc1ccccc1)NC(=O)[C@H](CC(N)=O)NC(=O)CCc1ccc(N)cc1. The van der Waals surface area contributed by atoms with Gasteiger partial charge in [0.2, 0.25) is 23.6 Å². The van der Waals surface area contributed by atoms with Gasteiger partial charge in [-0.15, -0.1) is 0 Å². The Bertz CT molecular complexity index is 1230. The van der Waals surface area contributed by atoms with Crippen LogP contribution in [0.25, 0.3) is 0 Å². The second-order valence-corrected chi connectivity index (χ2v) is 12.2. The van der Waals surface area contributed by atoms with Gasteiger partial charge in [-0.2, -0.15) is 0 Å². The number of hydrogen-bond donors (Lipinski definition) is 6. The third-order valence-electron chi connectivity index (χ3n) is 7.67. The molecular weight excluding hydrogens is 548 g/mol. The first-order chi connectivity index (χ1) is 20.3. The predicted octanol–water partition coefficient (Wildman–Crippen LogP) is 1.03. The van der Waals surface area contributed by atoms with Crippen molar-refractivity contribution in [1.29, 1.82) is 0 Å². The summed E-state index contributed by atoms with van der Waals surface area (Å²) >= 11 is 0. The van der Waals surface area contributed by atoms with Gasteiger partial charge in [-0.05, 0) is 76.3 Å². The average molecular weight is 595 g/mol. The zero-order chi connectivity index (χ0) is 31.6. The molecule has 0 spiro atoms. The number of rotatable bonds is 14. The molecule has 2 aromatic carbocycles. The zero-order valence-corrected chi connectivity index (χ0v) is 25.3. The normalized spacial score (nSPS) is 17.4. The largest absolute Gasteiger partial charge is 0.399 e. The number of carbonyl (C=O) groups is 4. The van der Waals surface area contributed by atoms with Gasteiger partial charge in [-0.25, -0.2) is 0 Å². The van der Waals surface area contributed by atoms with Gasteiger partial charge in [0.25, 0.3) is 0 Å². The summed E-state index contributed by atoms with van der Waals surface area (Å²) < 4.78 is 0. The van der Waals surface area contributed by atoms with Gasteiger partial charge in [0.15, 0.2) is 0 Å². The van der Waals surface area contributed by atoms with Crippen LogP contribution in [0.3, 0.4) is 0 Å². The molecule has 1 saturated heterocycles. The number of carbonyl (C=O) groups excluding carboxylic acids is 4. The summed E-state index contributed by atoms with van der Waals surface area (Å²) in [6.45, 7) is 6.94. The second-order valence-electron chi connectivity index (χ2n) is 12.2. The Labute approximate surface area is 253 Å². The number of nitrogens with zero attached hydrogens (tertiary/aromatic N) is 1. The molecule has 1 aliphatic rings. The molecule has 43 heavy (non-hydrogen) atoms. The van der Waals surface area contributed by atoms with Crippen LogP contribution in [-0.2, 0) is 32.0 Å². The molecular formula is C32H46N6O5. The average Bonchev–Trinajstić information content (AvgIpc) is 3.46. The van der Waals surface area contributed by atoms with E-state index in [1.807, 2.05) is 42.5 Å². The van der Waals surface area contributed by atoms with E-state index in [1.54, 1.807) is 12.1 Å². The number of primary amides is 1. The van der Waals surface area contributed by atoms with Gasteiger partial charge in [0.1, 0.15) is 6.04 Å². The van der Waals surface area contributed by atoms with E-state index in [0.717, 1.165) is 30.5 Å². The predicted molar refractivity (Wildman–Crippen MR) is 165 cm³/mol. The van der Waals surface area contributed by atoms with Crippen molar-refractivity contribution in [2.24, 2.45) is 5.73 Å². The monoisotopic (exact) mass is 594 g/mol. The Morgan fingerprint density at radius 3 is 2.30 bits per heavy atom. The molecule has 2 aromatic rings. The number of likely N-dealkylation sites (tertiary alicyclic amines) is 1. The maximum Gasteiger partial charge on any atom is 0.243 e. The Kier molecular flexibility index (Phi) is 12.1. The molecule has 4 amide bonds. The van der Waals surface area contributed by atoms with Crippen LogP contribution >= 0.6 is 0 Å². The minimum absolute atomic E-state index is 0.0838. The minimum Gasteiger partial charge on any atom is -0.399 e. The van der Waals surface area contributed by atoms with E-state index in [9.17, 15) is 24.3 Å². The summed E-state index contributed by atoms with van der Waals surface area (Å²) in [6.07, 6.45) is 0.854. The van der Waals surface area contributed by atoms with Gasteiger partial charge >= 0.3 is 0 Å². The molecule has 3 rings (SSSR count). The van der Waals surface area contributed by atoms with E-state index in [4.69, 9.17) is 11.5 Å². The molecule has 11 nitrogen and oxygen atoms in total. The minimum atomic E-state index is -1.23. The molecule has 0 bridgehead atoms. The highest BCUT2D eigenvalue weighted by Gasteiger charge is 2.37. The van der Waals surface area contributed by atoms with Crippen LogP contribution in [0.4, 0.5) is 5.69 Å². The molecule has 4 atom stereocenters. The number of amides is 4. The van der Waals surface area contributed by atoms with Crippen LogP contribution in [0.15, 0.2) is 54.6 Å². The van der Waals surface area contributed by atoms with Gasteiger partial charge in [-0.3, -0.25) is 24.1 Å². The van der Waals surface area contributed by atoms with Crippen molar-refractivity contribution in [3.63, 3.8) is 0 Å². The van der Waals surface area contributed by atoms with E-state index in [1.165, 1.54) is 0 Å². The summed E-state index contributed by atoms with van der Waals surface area (Å²) in [5.41, 5.74) is 13.3. The fraction of sp³-hybridized carbons (Fsp3) is 0.500. The molecule has 0 aromatic heterocycles. The number of hydrogen-bond acceptors (Lipinski definition) is 7. The number of nitrogen functional groups attached to an aromatic ring is 1. The summed E-state index contributed by atoms with van der Waals surface area (Å²) in [4.78, 5) is 53.1. The van der Waals surface area contributed by atoms with Crippen LogP contribution in [0.1, 0.15) is 57.6 Å². The van der Waals surface area contributed by atoms with Crippen molar-refractivity contribution in [2.45, 2.75) is 89.1 Å². The van der Waals surface area contributed by atoms with Crippen molar-refractivity contribution in [2.75, 3.05) is 18.8 Å². The summed E-state index contributed by atoms with van der Waals surface area (Å²) in [6, 6.07) is 14.1. The lowest BCUT2D eigenvalue weighted by Crippen LogP contribution is -2.57. The summed E-state index contributed by atoms with van der Waals surface area (Å²) in [7, 11) is 0. The van der Waals surface area contributed by atoms with E-state index in [2.05, 4.69) is 41.6 Å². The second kappa shape index (κ2) is 15.5. The van der Waals surface area contributed by atoms with Gasteiger partial charge in [-0.1, -0.05) is 42.5 Å². The van der Waals surface area contributed by atoms with Crippen molar-refractivity contribution >= 4 is 29.3 Å². The van der Waals surface area contributed by atoms with Crippen LogP contribution in [-0.4, -0.2) is 76.5 Å². The lowest BCUT2D eigenvalue weighted by molar-refractivity contribution is -0.132. The van der Waals surface area contributed by atoms with Gasteiger partial charge < -0.3 is 32.5 Å². The maximum absolute atomic E-state index is 13.4. The highest BCUT2D eigenvalue weighted by Crippen LogP contribution is 2.26. The summed E-state index contributed by atoms with van der Waals surface area (Å²) in [5.74, 6) is -2.01. The van der Waals surface area contributed by atoms with E-state index in [-0.39, 0.29) is 36.9 Å². The standard InChI is InChI=1S/C32H46N6O5/c1-32(2,3)38-17-7-10-26(38)31(43)35-20-27(39)24(18-22-8-5-4-6-9-22)37-30(42)25(19-28(34)40)36-29(41)16-13-21-11-14-23(33)15-12-21/h4-6,8-9,11-12,14-15,24-27,39H,7,10,13,16-20,33H2,1-3H3,(H2,34,40)(H,35,43)(H,36,41)(H,37,42)/t24-,25-,26-,27+/m0/s1. The topological polar surface area (TPSA) is 180 Å². The van der Waals surface area contributed by atoms with Crippen molar-refractivity contribution in [3.05, 3.63) is 65.7 Å². The number of aliphatic hydroxyl groups excluding tert-OH is 1. The molecule has 0 aliphatic carbocycles. The van der Waals surface area contributed by atoms with E-state index >= 15 is 0 Å². The molecule has 1 fully saturated rings. The Balaban J connectivity index is 1.66.